The highest BCUT2D eigenvalue weighted by atomic mass is 31.1. The Kier molecular flexibility index (Phi) is 1.91. The highest BCUT2D eigenvalue weighted by Crippen LogP contribution is 2.32. The Hall–Kier alpha value is -1.04. The Balaban J connectivity index is 3.28. The smallest absolute Gasteiger partial charge is 0.147 e. The fourth-order valence-electron chi connectivity index (χ4n) is 0.684. The van der Waals surface area contributed by atoms with Gasteiger partial charge in [-0.3, -0.25) is 0 Å². The molecule has 0 atom stereocenters. The number of terminal acetylenes is 2. The molecule has 0 aliphatic rings. The first kappa shape index (κ1) is 7.08. The Bertz CT molecular complexity index is 291. The van der Waals surface area contributed by atoms with Gasteiger partial charge in [-0.25, -0.2) is 0 Å². The number of hydrogen-bond acceptors (Lipinski definition) is 0. The van der Waals surface area contributed by atoms with E-state index in [1.54, 1.807) is 12.1 Å². The van der Waals surface area contributed by atoms with Gasteiger partial charge in [0.05, 0.1) is 0 Å². The lowest BCUT2D eigenvalue weighted by Crippen LogP contribution is -1.62. The highest BCUT2D eigenvalue weighted by molar-refractivity contribution is 7.77. The van der Waals surface area contributed by atoms with Crippen LogP contribution in [0.1, 0.15) is 10.6 Å². The molecule has 2 heteroatoms. The van der Waals surface area contributed by atoms with Crippen molar-refractivity contribution in [1.29, 1.82) is 0 Å². The van der Waals surface area contributed by atoms with Crippen molar-refractivity contribution in [2.24, 2.45) is 0 Å². The lowest BCUT2D eigenvalue weighted by molar-refractivity contribution is 1.90. The topological polar surface area (TPSA) is 0 Å². The van der Waals surface area contributed by atoms with Gasteiger partial charge in [-0.05, 0) is 12.1 Å². The Morgan fingerprint density at radius 3 is 1.80 bits per heavy atom. The third-order valence-electron chi connectivity index (χ3n) is 1.21. The van der Waals surface area contributed by atoms with Crippen LogP contribution in [0.25, 0.3) is 0 Å². The van der Waals surface area contributed by atoms with Gasteiger partial charge in [-0.1, -0.05) is 11.8 Å². The normalized spacial score (nSPS) is 8.20. The Morgan fingerprint density at radius 1 is 1.20 bits per heavy atom. The van der Waals surface area contributed by atoms with E-state index in [1.165, 1.54) is 0 Å². The van der Waals surface area contributed by atoms with Crippen LogP contribution in [-0.2, 0) is 0 Å². The summed E-state index contributed by atoms with van der Waals surface area (Å²) in [6.45, 7) is 0. The van der Waals surface area contributed by atoms with Crippen molar-refractivity contribution in [2.75, 3.05) is 0 Å². The maximum atomic E-state index is 5.69. The molecular formula is C8H4BP. The zero-order valence-corrected chi connectivity index (χ0v) is 6.23. The molecule has 10 heavy (non-hydrogen) atoms. The largest absolute Gasteiger partial charge is 0.149 e. The van der Waals surface area contributed by atoms with E-state index in [0.717, 1.165) is 10.6 Å². The van der Waals surface area contributed by atoms with E-state index in [4.69, 9.17) is 20.4 Å². The average Bonchev–Trinajstić information content (AvgIpc) is 2.30. The van der Waals surface area contributed by atoms with Crippen LogP contribution in [0.2, 0.25) is 0 Å². The molecule has 1 heterocycles. The molecule has 0 aliphatic carbocycles. The predicted octanol–water partition coefficient (Wildman–Crippen LogP) is 1.57. The van der Waals surface area contributed by atoms with Crippen LogP contribution in [0.15, 0.2) is 12.1 Å². The molecule has 0 amide bonds. The van der Waals surface area contributed by atoms with Crippen LogP contribution in [0.3, 0.4) is 0 Å². The molecule has 2 radical (unpaired) electrons. The molecular weight excluding hydrogens is 138 g/mol. The third-order valence-corrected chi connectivity index (χ3v) is 2.81. The van der Waals surface area contributed by atoms with E-state index < -0.39 is 7.41 Å². The van der Waals surface area contributed by atoms with Crippen molar-refractivity contribution in [2.45, 2.75) is 0 Å². The van der Waals surface area contributed by atoms with E-state index in [2.05, 4.69) is 11.8 Å². The maximum absolute atomic E-state index is 5.69. The minimum Gasteiger partial charge on any atom is -0.147 e. The molecule has 0 aliphatic heterocycles. The first-order valence-electron chi connectivity index (χ1n) is 2.69. The van der Waals surface area contributed by atoms with E-state index in [1.807, 2.05) is 0 Å². The number of hydrogen-bond donors (Lipinski definition) is 0. The van der Waals surface area contributed by atoms with E-state index in [0.29, 0.717) is 0 Å². The molecule has 0 N–H and O–H groups in total. The molecule has 1 aromatic heterocycles. The summed E-state index contributed by atoms with van der Waals surface area (Å²) in [6.07, 6.45) is 10.3. The first-order chi connectivity index (χ1) is 4.79. The molecule has 0 fully saturated rings. The summed E-state index contributed by atoms with van der Waals surface area (Å²) >= 11 is 0. The average molecular weight is 142 g/mol. The molecule has 0 spiro atoms. The van der Waals surface area contributed by atoms with E-state index in [9.17, 15) is 0 Å². The van der Waals surface area contributed by atoms with E-state index >= 15 is 0 Å². The molecule has 0 saturated heterocycles. The van der Waals surface area contributed by atoms with Crippen molar-refractivity contribution < 1.29 is 0 Å². The SMILES string of the molecule is [B]p1c(C#C)ccc1C#C. The molecule has 1 aromatic rings. The van der Waals surface area contributed by atoms with Gasteiger partial charge < -0.3 is 0 Å². The molecule has 1 rings (SSSR count). The summed E-state index contributed by atoms with van der Waals surface area (Å²) in [5.74, 6) is 4.99. The van der Waals surface area contributed by atoms with Gasteiger partial charge in [0.2, 0.25) is 0 Å². The summed E-state index contributed by atoms with van der Waals surface area (Å²) in [5, 5.41) is 1.64. The van der Waals surface area contributed by atoms with Crippen molar-refractivity contribution in [3.63, 3.8) is 0 Å². The minimum absolute atomic E-state index is 0.822. The Labute approximate surface area is 63.1 Å². The van der Waals surface area contributed by atoms with Crippen molar-refractivity contribution in [3.8, 4) is 24.7 Å². The Morgan fingerprint density at radius 2 is 1.60 bits per heavy atom. The van der Waals surface area contributed by atoms with Gasteiger partial charge in [0.1, 0.15) is 7.57 Å². The van der Waals surface area contributed by atoms with Crippen molar-refractivity contribution >= 4 is 15.0 Å². The standard InChI is InChI=1S/C8H4BP/c1-3-7-5-6-8(4-2)10(7)9/h1-2,5-6H. The lowest BCUT2D eigenvalue weighted by Gasteiger charge is -1.89. The third kappa shape index (κ3) is 0.972. The van der Waals surface area contributed by atoms with Gasteiger partial charge in [-0.15, -0.1) is 20.3 Å². The summed E-state index contributed by atoms with van der Waals surface area (Å²) < 4.78 is 0. The summed E-state index contributed by atoms with van der Waals surface area (Å²) in [7, 11) is 4.85. The monoisotopic (exact) mass is 142 g/mol. The second kappa shape index (κ2) is 2.70. The maximum Gasteiger partial charge on any atom is 0.149 e. The van der Waals surface area contributed by atoms with Crippen LogP contribution in [0, 0.1) is 24.7 Å². The van der Waals surface area contributed by atoms with Gasteiger partial charge in [0, 0.05) is 10.6 Å². The van der Waals surface area contributed by atoms with Crippen molar-refractivity contribution in [3.05, 3.63) is 22.7 Å². The van der Waals surface area contributed by atoms with Gasteiger partial charge >= 0.3 is 0 Å². The van der Waals surface area contributed by atoms with Crippen LogP contribution in [0.5, 0.6) is 0 Å². The summed E-state index contributed by atoms with van der Waals surface area (Å²) in [5.41, 5.74) is 0. The van der Waals surface area contributed by atoms with Gasteiger partial charge in [0.25, 0.3) is 0 Å². The predicted molar refractivity (Wildman–Crippen MR) is 46.2 cm³/mol. The zero-order valence-electron chi connectivity index (χ0n) is 5.33. The van der Waals surface area contributed by atoms with E-state index in [-0.39, 0.29) is 0 Å². The molecule has 44 valence electrons. The van der Waals surface area contributed by atoms with Crippen LogP contribution >= 0.6 is 7.41 Å². The molecule has 0 unspecified atom stereocenters. The molecule has 0 nitrogen and oxygen atoms in total. The van der Waals surface area contributed by atoms with Gasteiger partial charge in [-0.2, -0.15) is 0 Å². The molecule has 0 saturated carbocycles. The number of rotatable bonds is 0. The minimum atomic E-state index is -0.842. The van der Waals surface area contributed by atoms with Crippen LogP contribution in [-0.4, -0.2) is 7.57 Å². The quantitative estimate of drug-likeness (QED) is 0.380. The lowest BCUT2D eigenvalue weighted by atomic mass is 10.4. The second-order valence-corrected chi connectivity index (χ2v) is 3.47. The fourth-order valence-corrected chi connectivity index (χ4v) is 1.69. The molecule has 0 bridgehead atoms. The van der Waals surface area contributed by atoms with Crippen LogP contribution in [0.4, 0.5) is 0 Å². The summed E-state index contributed by atoms with van der Waals surface area (Å²) in [6, 6.07) is 3.61. The zero-order chi connectivity index (χ0) is 7.56. The first-order valence-corrected chi connectivity index (χ1v) is 4.10. The molecule has 0 aromatic carbocycles. The van der Waals surface area contributed by atoms with Crippen molar-refractivity contribution in [1.82, 2.24) is 0 Å². The summed E-state index contributed by atoms with van der Waals surface area (Å²) in [4.78, 5) is 0. The highest BCUT2D eigenvalue weighted by Gasteiger charge is 1.98. The van der Waals surface area contributed by atoms with Crippen LogP contribution < -0.4 is 0 Å². The second-order valence-electron chi connectivity index (χ2n) is 1.76. The van der Waals surface area contributed by atoms with Gasteiger partial charge in [0.15, 0.2) is 0 Å². The fraction of sp³-hybridized carbons (Fsp3) is 0.